The maximum atomic E-state index is 13.6. The van der Waals surface area contributed by atoms with Crippen LogP contribution in [0.1, 0.15) is 29.9 Å². The molecule has 0 spiro atoms. The topological polar surface area (TPSA) is 59.5 Å². The highest BCUT2D eigenvalue weighted by Gasteiger charge is 2.13. The van der Waals surface area contributed by atoms with E-state index in [0.29, 0.717) is 17.4 Å². The van der Waals surface area contributed by atoms with Crippen molar-refractivity contribution in [3.05, 3.63) is 46.7 Å². The molecule has 0 saturated carbocycles. The lowest BCUT2D eigenvalue weighted by Gasteiger charge is -2.14. The smallest absolute Gasteiger partial charge is 0.225 e. The average molecular weight is 348 g/mol. The Kier molecular flexibility index (Phi) is 5.81. The molecule has 0 aliphatic carbocycles. The molecule has 0 atom stereocenters. The third kappa shape index (κ3) is 4.05. The van der Waals surface area contributed by atoms with Crippen LogP contribution >= 0.6 is 11.3 Å². The van der Waals surface area contributed by atoms with Gasteiger partial charge >= 0.3 is 0 Å². The number of thiazole rings is 1. The number of ether oxygens (including phenoxy) is 1. The van der Waals surface area contributed by atoms with Gasteiger partial charge in [-0.15, -0.1) is 11.3 Å². The molecular formula is C17H17FN2O3S. The molecule has 0 fully saturated rings. The van der Waals surface area contributed by atoms with Gasteiger partial charge < -0.3 is 4.74 Å². The molecule has 1 aromatic carbocycles. The van der Waals surface area contributed by atoms with Gasteiger partial charge in [-0.25, -0.2) is 9.37 Å². The first-order chi connectivity index (χ1) is 11.5. The number of allylic oxidation sites excluding steroid dienone is 1. The van der Waals surface area contributed by atoms with Gasteiger partial charge in [0, 0.05) is 24.4 Å². The number of halogens is 1. The van der Waals surface area contributed by atoms with Crippen LogP contribution in [0.2, 0.25) is 0 Å². The van der Waals surface area contributed by atoms with Gasteiger partial charge in [0.1, 0.15) is 0 Å². The number of hydrogen-bond acceptors (Lipinski definition) is 5. The normalized spacial score (nSPS) is 10.8. The largest absolute Gasteiger partial charge is 0.494 e. The number of carbonyl (C=O) groups is 2. The molecular weight excluding hydrogens is 331 g/mol. The molecule has 0 radical (unpaired) electrons. The molecule has 1 aromatic heterocycles. The Hall–Kier alpha value is -2.54. The van der Waals surface area contributed by atoms with Gasteiger partial charge in [-0.2, -0.15) is 0 Å². The molecule has 0 bridgehead atoms. The summed E-state index contributed by atoms with van der Waals surface area (Å²) in [6, 6.07) is 4.03. The van der Waals surface area contributed by atoms with Crippen LogP contribution in [0, 0.1) is 5.82 Å². The second kappa shape index (κ2) is 7.83. The van der Waals surface area contributed by atoms with E-state index in [9.17, 15) is 14.0 Å². The predicted molar refractivity (Wildman–Crippen MR) is 92.1 cm³/mol. The van der Waals surface area contributed by atoms with Gasteiger partial charge in [-0.05, 0) is 37.3 Å². The summed E-state index contributed by atoms with van der Waals surface area (Å²) in [6.45, 7) is 3.86. The number of aromatic nitrogens is 1. The Balaban J connectivity index is 2.13. The summed E-state index contributed by atoms with van der Waals surface area (Å²) in [5, 5.41) is 2.33. The molecule has 0 saturated heterocycles. The fraction of sp³-hybridized carbons (Fsp3) is 0.235. The second-order valence-electron chi connectivity index (χ2n) is 4.87. The van der Waals surface area contributed by atoms with E-state index >= 15 is 0 Å². The molecule has 24 heavy (non-hydrogen) atoms. The van der Waals surface area contributed by atoms with Crippen molar-refractivity contribution < 1.29 is 18.7 Å². The zero-order chi connectivity index (χ0) is 17.7. The Morgan fingerprint density at radius 3 is 2.75 bits per heavy atom. The van der Waals surface area contributed by atoms with Gasteiger partial charge in [0.2, 0.25) is 5.91 Å². The highest BCUT2D eigenvalue weighted by Crippen LogP contribution is 2.22. The zero-order valence-electron chi connectivity index (χ0n) is 13.6. The van der Waals surface area contributed by atoms with Crippen LogP contribution in [-0.4, -0.2) is 30.3 Å². The first kappa shape index (κ1) is 17.8. The van der Waals surface area contributed by atoms with Crippen LogP contribution < -0.4 is 9.64 Å². The van der Waals surface area contributed by atoms with Crippen molar-refractivity contribution in [1.82, 2.24) is 4.98 Å². The van der Waals surface area contributed by atoms with Crippen molar-refractivity contribution in [1.29, 1.82) is 0 Å². The summed E-state index contributed by atoms with van der Waals surface area (Å²) < 4.78 is 18.5. The van der Waals surface area contributed by atoms with Gasteiger partial charge in [-0.1, -0.05) is 0 Å². The highest BCUT2D eigenvalue weighted by molar-refractivity contribution is 7.14. The van der Waals surface area contributed by atoms with E-state index < -0.39 is 5.82 Å². The van der Waals surface area contributed by atoms with Crippen LogP contribution in [0.4, 0.5) is 9.52 Å². The molecule has 1 amide bonds. The van der Waals surface area contributed by atoms with E-state index in [2.05, 4.69) is 4.98 Å². The molecule has 5 nitrogen and oxygen atoms in total. The quantitative estimate of drug-likeness (QED) is 0.592. The molecule has 0 aliphatic heterocycles. The fourth-order valence-electron chi connectivity index (χ4n) is 2.05. The number of anilines is 1. The third-order valence-corrected chi connectivity index (χ3v) is 4.16. The fourth-order valence-corrected chi connectivity index (χ4v) is 2.95. The van der Waals surface area contributed by atoms with Crippen LogP contribution in [0.3, 0.4) is 0 Å². The highest BCUT2D eigenvalue weighted by atomic mass is 32.1. The summed E-state index contributed by atoms with van der Waals surface area (Å²) in [5.41, 5.74) is 0.788. The average Bonchev–Trinajstić information content (AvgIpc) is 3.01. The van der Waals surface area contributed by atoms with Crippen molar-refractivity contribution in [2.24, 2.45) is 0 Å². The Morgan fingerprint density at radius 1 is 1.42 bits per heavy atom. The molecule has 0 N–H and O–H groups in total. The SMILES string of the molecule is CCN(C(C)=O)c1nc(/C=C/C(=O)c2ccc(OC)c(F)c2)cs1. The van der Waals surface area contributed by atoms with Crippen molar-refractivity contribution >= 4 is 34.2 Å². The third-order valence-electron chi connectivity index (χ3n) is 3.28. The van der Waals surface area contributed by atoms with Gasteiger partial charge in [0.05, 0.1) is 12.8 Å². The lowest BCUT2D eigenvalue weighted by molar-refractivity contribution is -0.116. The first-order valence-electron chi connectivity index (χ1n) is 7.25. The number of hydrogen-bond donors (Lipinski definition) is 0. The van der Waals surface area contributed by atoms with E-state index in [4.69, 9.17) is 4.74 Å². The molecule has 1 heterocycles. The number of methoxy groups -OCH3 is 1. The lowest BCUT2D eigenvalue weighted by Crippen LogP contribution is -2.27. The van der Waals surface area contributed by atoms with Crippen molar-refractivity contribution in [2.45, 2.75) is 13.8 Å². The monoisotopic (exact) mass is 348 g/mol. The Morgan fingerprint density at radius 2 is 2.17 bits per heavy atom. The minimum Gasteiger partial charge on any atom is -0.494 e. The molecule has 126 valence electrons. The molecule has 0 unspecified atom stereocenters. The Labute approximate surface area is 143 Å². The van der Waals surface area contributed by atoms with E-state index in [1.807, 2.05) is 6.92 Å². The summed E-state index contributed by atoms with van der Waals surface area (Å²) in [6.07, 6.45) is 2.86. The van der Waals surface area contributed by atoms with E-state index in [0.717, 1.165) is 6.07 Å². The summed E-state index contributed by atoms with van der Waals surface area (Å²) in [7, 11) is 1.36. The number of nitrogens with zero attached hydrogens (tertiary/aromatic N) is 2. The summed E-state index contributed by atoms with van der Waals surface area (Å²) in [4.78, 5) is 29.4. The molecule has 0 aliphatic rings. The van der Waals surface area contributed by atoms with Gasteiger partial charge in [0.25, 0.3) is 0 Å². The molecule has 7 heteroatoms. The standard InChI is InChI=1S/C17H17FN2O3S/c1-4-20(11(2)21)17-19-13(10-24-17)6-7-15(22)12-5-8-16(23-3)14(18)9-12/h5-10H,4H2,1-3H3/b7-6+. The second-order valence-corrected chi connectivity index (χ2v) is 5.70. The van der Waals surface area contributed by atoms with E-state index in [1.165, 1.54) is 43.6 Å². The summed E-state index contributed by atoms with van der Waals surface area (Å²) in [5.74, 6) is -0.937. The van der Waals surface area contributed by atoms with Crippen molar-refractivity contribution in [2.75, 3.05) is 18.6 Å². The number of amides is 1. The van der Waals surface area contributed by atoms with Crippen molar-refractivity contribution in [3.63, 3.8) is 0 Å². The number of rotatable bonds is 6. The van der Waals surface area contributed by atoms with E-state index in [-0.39, 0.29) is 23.0 Å². The van der Waals surface area contributed by atoms with Crippen LogP contribution in [-0.2, 0) is 4.79 Å². The number of ketones is 1. The van der Waals surface area contributed by atoms with Gasteiger partial charge in [-0.3, -0.25) is 14.5 Å². The minimum absolute atomic E-state index is 0.0866. The molecule has 2 aromatic rings. The number of benzene rings is 1. The van der Waals surface area contributed by atoms with Crippen LogP contribution in [0.15, 0.2) is 29.7 Å². The lowest BCUT2D eigenvalue weighted by atomic mass is 10.1. The molecule has 2 rings (SSSR count). The zero-order valence-corrected chi connectivity index (χ0v) is 14.4. The van der Waals surface area contributed by atoms with Gasteiger partial charge in [0.15, 0.2) is 22.5 Å². The first-order valence-corrected chi connectivity index (χ1v) is 8.13. The predicted octanol–water partition coefficient (Wildman–Crippen LogP) is 3.56. The Bertz CT molecular complexity index is 786. The van der Waals surface area contributed by atoms with Crippen LogP contribution in [0.5, 0.6) is 5.75 Å². The minimum atomic E-state index is -0.590. The maximum Gasteiger partial charge on any atom is 0.225 e. The maximum absolute atomic E-state index is 13.6. The summed E-state index contributed by atoms with van der Waals surface area (Å²) >= 11 is 1.32. The van der Waals surface area contributed by atoms with Crippen molar-refractivity contribution in [3.8, 4) is 5.75 Å². The van der Waals surface area contributed by atoms with Crippen LogP contribution in [0.25, 0.3) is 6.08 Å². The number of carbonyl (C=O) groups excluding carboxylic acids is 2. The van der Waals surface area contributed by atoms with E-state index in [1.54, 1.807) is 16.4 Å².